The average molecular weight is 583 g/mol. The maximum absolute atomic E-state index is 13.7. The predicted molar refractivity (Wildman–Crippen MR) is 158 cm³/mol. The zero-order valence-electron chi connectivity index (χ0n) is 24.6. The van der Waals surface area contributed by atoms with Gasteiger partial charge in [0, 0.05) is 57.3 Å². The average Bonchev–Trinajstić information content (AvgIpc) is 2.98. The Hall–Kier alpha value is -3.51. The molecule has 4 rings (SSSR count). The van der Waals surface area contributed by atoms with Crippen molar-refractivity contribution in [3.05, 3.63) is 59.2 Å². The minimum atomic E-state index is -0.961. The predicted octanol–water partition coefficient (Wildman–Crippen LogP) is 2.40. The Balaban J connectivity index is 1.49. The van der Waals surface area contributed by atoms with E-state index in [-0.39, 0.29) is 36.0 Å². The summed E-state index contributed by atoms with van der Waals surface area (Å²) in [7, 11) is 1.97. The number of aromatic carboxylic acids is 1. The second-order valence-electron chi connectivity index (χ2n) is 11.3. The van der Waals surface area contributed by atoms with E-state index >= 15 is 0 Å². The lowest BCUT2D eigenvalue weighted by molar-refractivity contribution is -0.116. The number of hydrogen-bond acceptors (Lipinski definition) is 8. The van der Waals surface area contributed by atoms with Crippen molar-refractivity contribution in [1.29, 1.82) is 0 Å². The number of rotatable bonds is 11. The van der Waals surface area contributed by atoms with Crippen LogP contribution < -0.4 is 10.1 Å². The molecule has 2 heterocycles. The summed E-state index contributed by atoms with van der Waals surface area (Å²) in [6, 6.07) is 11.5. The van der Waals surface area contributed by atoms with Crippen molar-refractivity contribution in [3.8, 4) is 5.75 Å². The van der Waals surface area contributed by atoms with E-state index in [0.717, 1.165) is 18.7 Å². The highest BCUT2D eigenvalue weighted by atomic mass is 16.5. The fraction of sp³-hybridized carbons (Fsp3) is 0.516. The Morgan fingerprint density at radius 1 is 1.14 bits per heavy atom. The lowest BCUT2D eigenvalue weighted by Crippen LogP contribution is -2.49. The van der Waals surface area contributed by atoms with Crippen LogP contribution in [0.15, 0.2) is 42.5 Å². The van der Waals surface area contributed by atoms with Gasteiger partial charge in [-0.05, 0) is 49.9 Å². The first-order chi connectivity index (χ1) is 20.1. The summed E-state index contributed by atoms with van der Waals surface area (Å²) < 4.78 is 11.8. The van der Waals surface area contributed by atoms with Gasteiger partial charge in [0.2, 0.25) is 5.91 Å². The molecule has 0 saturated carbocycles. The van der Waals surface area contributed by atoms with Crippen molar-refractivity contribution in [2.45, 2.75) is 39.0 Å². The van der Waals surface area contributed by atoms with Crippen LogP contribution in [0.4, 0.5) is 5.69 Å². The highest BCUT2D eigenvalue weighted by Crippen LogP contribution is 2.31. The zero-order valence-corrected chi connectivity index (χ0v) is 24.6. The van der Waals surface area contributed by atoms with E-state index in [1.807, 2.05) is 20.9 Å². The van der Waals surface area contributed by atoms with Crippen LogP contribution in [-0.4, -0.2) is 114 Å². The van der Waals surface area contributed by atoms with Crippen LogP contribution in [0.5, 0.6) is 5.75 Å². The van der Waals surface area contributed by atoms with Gasteiger partial charge in [0.05, 0.1) is 37.0 Å². The van der Waals surface area contributed by atoms with Gasteiger partial charge >= 0.3 is 5.97 Å². The number of nitrogens with zero attached hydrogens (tertiary/aromatic N) is 3. The molecule has 11 nitrogen and oxygen atoms in total. The van der Waals surface area contributed by atoms with E-state index in [4.69, 9.17) is 14.6 Å². The van der Waals surface area contributed by atoms with E-state index < -0.39 is 12.0 Å². The standard InChI is InChI=1S/C31H42N4O7/c1-21-17-35(22(2)20-36)30(38)26-16-25(32-29(37)10-11-34-12-14-41-15-13-34)8-9-27(26)42-28(21)19-33(3)18-23-4-6-24(7-5-23)31(39)40/h4-9,16,21-22,28,36H,10-15,17-20H2,1-3H3,(H,32,37)(H,39,40)/t21-,22-,28-/m0/s1. The fourth-order valence-corrected chi connectivity index (χ4v) is 5.26. The molecule has 0 radical (unpaired) electrons. The lowest BCUT2D eigenvalue weighted by atomic mass is 9.99. The molecule has 3 N–H and O–H groups in total. The van der Waals surface area contributed by atoms with Crippen molar-refractivity contribution in [2.75, 3.05) is 64.9 Å². The summed E-state index contributed by atoms with van der Waals surface area (Å²) in [5, 5.41) is 22.0. The maximum atomic E-state index is 13.7. The molecular weight excluding hydrogens is 540 g/mol. The van der Waals surface area contributed by atoms with Crippen LogP contribution in [0.25, 0.3) is 0 Å². The number of hydrogen-bond donors (Lipinski definition) is 3. The number of amides is 2. The van der Waals surface area contributed by atoms with Gasteiger partial charge in [0.15, 0.2) is 0 Å². The van der Waals surface area contributed by atoms with Gasteiger partial charge in [-0.2, -0.15) is 0 Å². The number of aliphatic hydroxyl groups is 1. The van der Waals surface area contributed by atoms with Gasteiger partial charge in [-0.25, -0.2) is 4.79 Å². The van der Waals surface area contributed by atoms with Crippen molar-refractivity contribution in [3.63, 3.8) is 0 Å². The number of benzene rings is 2. The number of fused-ring (bicyclic) bond motifs is 1. The van der Waals surface area contributed by atoms with Crippen LogP contribution in [0.2, 0.25) is 0 Å². The van der Waals surface area contributed by atoms with Crippen LogP contribution in [0.1, 0.15) is 46.5 Å². The smallest absolute Gasteiger partial charge is 0.335 e. The molecule has 11 heteroatoms. The normalized spacial score (nSPS) is 20.3. The summed E-state index contributed by atoms with van der Waals surface area (Å²) in [6.45, 7) is 8.79. The third-order valence-corrected chi connectivity index (χ3v) is 7.85. The molecule has 1 saturated heterocycles. The Kier molecular flexibility index (Phi) is 10.9. The number of anilines is 1. The number of carbonyl (C=O) groups excluding carboxylic acids is 2. The molecule has 0 bridgehead atoms. The number of carbonyl (C=O) groups is 3. The summed E-state index contributed by atoms with van der Waals surface area (Å²) in [4.78, 5) is 43.6. The minimum Gasteiger partial charge on any atom is -0.488 e. The fourth-order valence-electron chi connectivity index (χ4n) is 5.26. The largest absolute Gasteiger partial charge is 0.488 e. The third-order valence-electron chi connectivity index (χ3n) is 7.85. The summed E-state index contributed by atoms with van der Waals surface area (Å²) in [6.07, 6.45) is 0.0580. The van der Waals surface area contributed by atoms with Gasteiger partial charge in [-0.3, -0.25) is 19.4 Å². The number of aliphatic hydroxyl groups excluding tert-OH is 1. The monoisotopic (exact) mass is 582 g/mol. The van der Waals surface area contributed by atoms with E-state index in [2.05, 4.69) is 15.1 Å². The molecule has 2 aromatic carbocycles. The van der Waals surface area contributed by atoms with Crippen LogP contribution in [0, 0.1) is 5.92 Å². The molecule has 0 aliphatic carbocycles. The Morgan fingerprint density at radius 2 is 1.86 bits per heavy atom. The molecule has 1 fully saturated rings. The molecular formula is C31H42N4O7. The van der Waals surface area contributed by atoms with Gasteiger partial charge < -0.3 is 29.9 Å². The molecule has 2 aliphatic rings. The molecule has 0 unspecified atom stereocenters. The minimum absolute atomic E-state index is 0.0486. The van der Waals surface area contributed by atoms with Crippen molar-refractivity contribution in [2.24, 2.45) is 5.92 Å². The second-order valence-corrected chi connectivity index (χ2v) is 11.3. The van der Waals surface area contributed by atoms with Gasteiger partial charge in [-0.1, -0.05) is 19.1 Å². The van der Waals surface area contributed by atoms with Crippen LogP contribution in [-0.2, 0) is 16.1 Å². The number of carboxylic acids is 1. The van der Waals surface area contributed by atoms with Crippen LogP contribution >= 0.6 is 0 Å². The summed E-state index contributed by atoms with van der Waals surface area (Å²) in [5.41, 5.74) is 2.07. The summed E-state index contributed by atoms with van der Waals surface area (Å²) >= 11 is 0. The van der Waals surface area contributed by atoms with Gasteiger partial charge in [0.25, 0.3) is 5.91 Å². The summed E-state index contributed by atoms with van der Waals surface area (Å²) in [5.74, 6) is -0.971. The van der Waals surface area contributed by atoms with Crippen molar-refractivity contribution in [1.82, 2.24) is 14.7 Å². The molecule has 2 amide bonds. The number of morpholine rings is 1. The zero-order chi connectivity index (χ0) is 30.2. The number of nitrogens with one attached hydrogen (secondary N) is 1. The molecule has 2 aromatic rings. The van der Waals surface area contributed by atoms with E-state index in [9.17, 15) is 19.5 Å². The van der Waals surface area contributed by atoms with Crippen LogP contribution in [0.3, 0.4) is 0 Å². The quantitative estimate of drug-likeness (QED) is 0.365. The van der Waals surface area contributed by atoms with E-state index in [1.54, 1.807) is 47.4 Å². The lowest BCUT2D eigenvalue weighted by Gasteiger charge is -2.38. The number of carboxylic acid groups (broad SMARTS) is 1. The Labute approximate surface area is 247 Å². The first kappa shape index (κ1) is 31.4. The maximum Gasteiger partial charge on any atom is 0.335 e. The van der Waals surface area contributed by atoms with E-state index in [1.165, 1.54) is 0 Å². The molecule has 228 valence electrons. The highest BCUT2D eigenvalue weighted by molar-refractivity contribution is 6.00. The first-order valence-corrected chi connectivity index (χ1v) is 14.5. The molecule has 3 atom stereocenters. The topological polar surface area (TPSA) is 132 Å². The Bertz CT molecular complexity index is 1230. The molecule has 0 spiro atoms. The number of likely N-dealkylation sites (N-methyl/N-ethyl adjacent to an activating group) is 1. The van der Waals surface area contributed by atoms with Crippen molar-refractivity contribution >= 4 is 23.5 Å². The molecule has 42 heavy (non-hydrogen) atoms. The Morgan fingerprint density at radius 3 is 2.52 bits per heavy atom. The third kappa shape index (κ3) is 8.28. The SMILES string of the molecule is C[C@H]1CN([C@@H](C)CO)C(=O)c2cc(NC(=O)CCN3CCOCC3)ccc2O[C@H]1CN(C)Cc1ccc(C(=O)O)cc1. The highest BCUT2D eigenvalue weighted by Gasteiger charge is 2.33. The van der Waals surface area contributed by atoms with Crippen molar-refractivity contribution < 1.29 is 34.1 Å². The molecule has 2 aliphatic heterocycles. The van der Waals surface area contributed by atoms with Gasteiger partial charge in [-0.15, -0.1) is 0 Å². The van der Waals surface area contributed by atoms with E-state index in [0.29, 0.717) is 62.8 Å². The number of ether oxygens (including phenoxy) is 2. The first-order valence-electron chi connectivity index (χ1n) is 14.5. The second kappa shape index (κ2) is 14.6. The molecule has 0 aromatic heterocycles. The van der Waals surface area contributed by atoms with Gasteiger partial charge in [0.1, 0.15) is 11.9 Å².